The van der Waals surface area contributed by atoms with Crippen LogP contribution in [0.1, 0.15) is 36.5 Å². The Morgan fingerprint density at radius 1 is 1.12 bits per heavy atom. The molecule has 1 aliphatic rings. The van der Waals surface area contributed by atoms with E-state index in [2.05, 4.69) is 21.2 Å². The number of aryl methyl sites for hydroxylation is 2. The summed E-state index contributed by atoms with van der Waals surface area (Å²) in [4.78, 5) is 35.8. The van der Waals surface area contributed by atoms with Crippen molar-refractivity contribution < 1.29 is 23.9 Å². The van der Waals surface area contributed by atoms with Gasteiger partial charge in [-0.3, -0.25) is 14.4 Å². The van der Waals surface area contributed by atoms with Crippen LogP contribution in [0, 0.1) is 13.8 Å². The van der Waals surface area contributed by atoms with Crippen molar-refractivity contribution >= 4 is 41.2 Å². The lowest BCUT2D eigenvalue weighted by molar-refractivity contribution is -0.139. The summed E-state index contributed by atoms with van der Waals surface area (Å²) < 4.78 is 11.3. The SMILES string of the molecule is CCOc1cc(/C=N\NC(=O)C(=O)NC2CC2)cc(Cl)c1OCC(=O)Nc1ccc(C)cc1C. The van der Waals surface area contributed by atoms with Crippen LogP contribution in [0.4, 0.5) is 5.69 Å². The van der Waals surface area contributed by atoms with E-state index < -0.39 is 11.8 Å². The molecular weight excluding hydrogens is 460 g/mol. The summed E-state index contributed by atoms with van der Waals surface area (Å²) in [6.45, 7) is 5.75. The Labute approximate surface area is 202 Å². The number of carbonyl (C=O) groups excluding carboxylic acids is 3. The standard InChI is InChI=1S/C24H27ClN4O5/c1-4-33-20-11-16(12-26-29-24(32)23(31)27-17-6-7-17)10-18(25)22(20)34-13-21(30)28-19-8-5-14(2)9-15(19)3/h5,8-12,17H,4,6-7,13H2,1-3H3,(H,27,31)(H,28,30)(H,29,32)/b26-12-. The van der Waals surface area contributed by atoms with E-state index in [1.807, 2.05) is 32.0 Å². The molecule has 0 aliphatic heterocycles. The van der Waals surface area contributed by atoms with Crippen molar-refractivity contribution in [1.82, 2.24) is 10.7 Å². The molecule has 0 radical (unpaired) electrons. The summed E-state index contributed by atoms with van der Waals surface area (Å²) in [5.74, 6) is -1.40. The van der Waals surface area contributed by atoms with Crippen molar-refractivity contribution in [2.24, 2.45) is 5.10 Å². The number of hydrazone groups is 1. The minimum Gasteiger partial charge on any atom is -0.490 e. The molecule has 2 aromatic rings. The third kappa shape index (κ3) is 7.21. The van der Waals surface area contributed by atoms with Gasteiger partial charge in [0.1, 0.15) is 0 Å². The number of rotatable bonds is 9. The molecule has 0 aromatic heterocycles. The third-order valence-corrected chi connectivity index (χ3v) is 5.11. The third-order valence-electron chi connectivity index (χ3n) is 4.83. The molecule has 3 rings (SSSR count). The molecule has 3 amide bonds. The van der Waals surface area contributed by atoms with Crippen LogP contribution in [0.2, 0.25) is 5.02 Å². The molecule has 34 heavy (non-hydrogen) atoms. The summed E-state index contributed by atoms with van der Waals surface area (Å²) >= 11 is 6.36. The molecule has 1 aliphatic carbocycles. The predicted molar refractivity (Wildman–Crippen MR) is 130 cm³/mol. The topological polar surface area (TPSA) is 118 Å². The summed E-state index contributed by atoms with van der Waals surface area (Å²) in [6, 6.07) is 8.95. The lowest BCUT2D eigenvalue weighted by Gasteiger charge is -2.15. The van der Waals surface area contributed by atoms with Crippen molar-refractivity contribution in [1.29, 1.82) is 0 Å². The van der Waals surface area contributed by atoms with Gasteiger partial charge in [-0.2, -0.15) is 5.10 Å². The normalized spacial score (nSPS) is 12.8. The Bertz CT molecular complexity index is 1110. The van der Waals surface area contributed by atoms with E-state index >= 15 is 0 Å². The number of amides is 3. The second kappa shape index (κ2) is 11.5. The van der Waals surface area contributed by atoms with E-state index in [4.69, 9.17) is 21.1 Å². The van der Waals surface area contributed by atoms with Crippen LogP contribution in [0.3, 0.4) is 0 Å². The average molecular weight is 487 g/mol. The summed E-state index contributed by atoms with van der Waals surface area (Å²) in [7, 11) is 0. The molecule has 3 N–H and O–H groups in total. The largest absolute Gasteiger partial charge is 0.490 e. The van der Waals surface area contributed by atoms with Crippen LogP contribution >= 0.6 is 11.6 Å². The fourth-order valence-corrected chi connectivity index (χ4v) is 3.31. The zero-order valence-corrected chi connectivity index (χ0v) is 20.0. The minimum absolute atomic E-state index is 0.0744. The quantitative estimate of drug-likeness (QED) is 0.286. The zero-order valence-electron chi connectivity index (χ0n) is 19.2. The number of benzene rings is 2. The number of hydrogen-bond acceptors (Lipinski definition) is 6. The molecule has 0 unspecified atom stereocenters. The van der Waals surface area contributed by atoms with E-state index in [0.717, 1.165) is 24.0 Å². The Balaban J connectivity index is 1.62. The molecule has 2 aromatic carbocycles. The van der Waals surface area contributed by atoms with Crippen molar-refractivity contribution in [2.45, 2.75) is 39.7 Å². The maximum absolute atomic E-state index is 12.4. The molecule has 0 heterocycles. The van der Waals surface area contributed by atoms with Gasteiger partial charge in [-0.1, -0.05) is 29.3 Å². The highest BCUT2D eigenvalue weighted by Crippen LogP contribution is 2.36. The Hall–Kier alpha value is -3.59. The average Bonchev–Trinajstić information content (AvgIpc) is 3.59. The van der Waals surface area contributed by atoms with Gasteiger partial charge in [-0.15, -0.1) is 0 Å². The van der Waals surface area contributed by atoms with Gasteiger partial charge in [-0.05, 0) is 62.9 Å². The highest BCUT2D eigenvalue weighted by Gasteiger charge is 2.26. The fraction of sp³-hybridized carbons (Fsp3) is 0.333. The van der Waals surface area contributed by atoms with E-state index in [1.165, 1.54) is 6.21 Å². The maximum atomic E-state index is 12.4. The number of nitrogens with zero attached hydrogens (tertiary/aromatic N) is 1. The van der Waals surface area contributed by atoms with Crippen LogP contribution in [-0.2, 0) is 14.4 Å². The van der Waals surface area contributed by atoms with Crippen LogP contribution in [0.25, 0.3) is 0 Å². The summed E-state index contributed by atoms with van der Waals surface area (Å²) in [5, 5.41) is 9.38. The highest BCUT2D eigenvalue weighted by atomic mass is 35.5. The minimum atomic E-state index is -0.853. The molecule has 9 nitrogen and oxygen atoms in total. The monoisotopic (exact) mass is 486 g/mol. The summed E-state index contributed by atoms with van der Waals surface area (Å²) in [5.41, 5.74) is 5.43. The van der Waals surface area contributed by atoms with E-state index in [0.29, 0.717) is 23.6 Å². The van der Waals surface area contributed by atoms with E-state index in [-0.39, 0.29) is 29.3 Å². The van der Waals surface area contributed by atoms with Gasteiger partial charge in [0.25, 0.3) is 5.91 Å². The molecule has 0 saturated heterocycles. The molecular formula is C24H27ClN4O5. The van der Waals surface area contributed by atoms with Gasteiger partial charge in [-0.25, -0.2) is 5.43 Å². The number of carbonyl (C=O) groups is 3. The lowest BCUT2D eigenvalue weighted by Crippen LogP contribution is -2.38. The number of anilines is 1. The van der Waals surface area contributed by atoms with Crippen LogP contribution in [-0.4, -0.2) is 43.2 Å². The van der Waals surface area contributed by atoms with Gasteiger partial charge in [0.2, 0.25) is 0 Å². The van der Waals surface area contributed by atoms with Gasteiger partial charge < -0.3 is 20.1 Å². The summed E-state index contributed by atoms with van der Waals surface area (Å²) in [6.07, 6.45) is 3.08. The fourth-order valence-electron chi connectivity index (χ4n) is 3.04. The first kappa shape index (κ1) is 25.0. The van der Waals surface area contributed by atoms with E-state index in [9.17, 15) is 14.4 Å². The molecule has 1 saturated carbocycles. The molecule has 10 heteroatoms. The van der Waals surface area contributed by atoms with Crippen molar-refractivity contribution in [3.05, 3.63) is 52.0 Å². The Morgan fingerprint density at radius 2 is 1.88 bits per heavy atom. The van der Waals surface area contributed by atoms with Crippen molar-refractivity contribution in [2.75, 3.05) is 18.5 Å². The predicted octanol–water partition coefficient (Wildman–Crippen LogP) is 3.10. The van der Waals surface area contributed by atoms with Gasteiger partial charge in [0.05, 0.1) is 17.8 Å². The maximum Gasteiger partial charge on any atom is 0.329 e. The molecule has 1 fully saturated rings. The van der Waals surface area contributed by atoms with Crippen LogP contribution in [0.5, 0.6) is 11.5 Å². The Morgan fingerprint density at radius 3 is 2.56 bits per heavy atom. The molecule has 0 bridgehead atoms. The number of halogens is 1. The molecule has 180 valence electrons. The number of ether oxygens (including phenoxy) is 2. The Kier molecular flexibility index (Phi) is 8.48. The first-order chi connectivity index (χ1) is 16.3. The molecule has 0 spiro atoms. The van der Waals surface area contributed by atoms with Gasteiger partial charge in [0.15, 0.2) is 18.1 Å². The first-order valence-electron chi connectivity index (χ1n) is 10.9. The van der Waals surface area contributed by atoms with Crippen molar-refractivity contribution in [3.63, 3.8) is 0 Å². The van der Waals surface area contributed by atoms with Gasteiger partial charge >= 0.3 is 11.8 Å². The van der Waals surface area contributed by atoms with Crippen LogP contribution < -0.4 is 25.5 Å². The molecule has 0 atom stereocenters. The lowest BCUT2D eigenvalue weighted by atomic mass is 10.1. The van der Waals surface area contributed by atoms with Crippen molar-refractivity contribution in [3.8, 4) is 11.5 Å². The zero-order chi connectivity index (χ0) is 24.7. The number of hydrogen-bond donors (Lipinski definition) is 3. The second-order valence-electron chi connectivity index (χ2n) is 7.87. The van der Waals surface area contributed by atoms with E-state index in [1.54, 1.807) is 19.1 Å². The van der Waals surface area contributed by atoms with Gasteiger partial charge in [0, 0.05) is 11.7 Å². The first-order valence-corrected chi connectivity index (χ1v) is 11.2. The van der Waals surface area contributed by atoms with Crippen LogP contribution in [0.15, 0.2) is 35.4 Å². The number of nitrogens with one attached hydrogen (secondary N) is 3. The second-order valence-corrected chi connectivity index (χ2v) is 8.27. The highest BCUT2D eigenvalue weighted by molar-refractivity contribution is 6.35. The smallest absolute Gasteiger partial charge is 0.329 e.